The predicted molar refractivity (Wildman–Crippen MR) is 110 cm³/mol. The Morgan fingerprint density at radius 2 is 2.03 bits per heavy atom. The van der Waals surface area contributed by atoms with Crippen molar-refractivity contribution in [2.24, 2.45) is 5.73 Å². The van der Waals surface area contributed by atoms with Crippen LogP contribution in [-0.4, -0.2) is 26.5 Å². The van der Waals surface area contributed by atoms with E-state index in [-0.39, 0.29) is 36.2 Å². The lowest BCUT2D eigenvalue weighted by atomic mass is 9.81. The topological polar surface area (TPSA) is 113 Å². The number of benzene rings is 2. The molecule has 0 fully saturated rings. The minimum Gasteiger partial charge on any atom is -0.493 e. The standard InChI is InChI=1S/C23H20N2O6/c1-3-28-23(26)19-18(14-9-16(27-2)21-17(10-14)29-12-30-21)15(11-24)22(25)31-20(19)13-7-5-4-6-8-13/h4-10,18H,3,12,25H2,1-2H3/t18-/m1/s1. The number of carbonyl (C=O) groups excluding carboxylic acids is 1. The highest BCUT2D eigenvalue weighted by Crippen LogP contribution is 2.48. The largest absolute Gasteiger partial charge is 0.493 e. The molecule has 4 rings (SSSR count). The van der Waals surface area contributed by atoms with Gasteiger partial charge in [0, 0.05) is 5.56 Å². The minimum absolute atomic E-state index is 0.0435. The first-order valence-electron chi connectivity index (χ1n) is 9.60. The first-order valence-corrected chi connectivity index (χ1v) is 9.60. The Morgan fingerprint density at radius 1 is 1.26 bits per heavy atom. The van der Waals surface area contributed by atoms with Crippen molar-refractivity contribution >= 4 is 11.7 Å². The van der Waals surface area contributed by atoms with E-state index < -0.39 is 11.9 Å². The third kappa shape index (κ3) is 3.51. The quantitative estimate of drug-likeness (QED) is 0.734. The number of carbonyl (C=O) groups is 1. The SMILES string of the molecule is CCOC(=O)C1=C(c2ccccc2)OC(N)=C(C#N)[C@H]1c1cc(OC)c2c(c1)OCO2. The van der Waals surface area contributed by atoms with E-state index in [0.29, 0.717) is 28.4 Å². The molecule has 0 bridgehead atoms. The lowest BCUT2D eigenvalue weighted by Crippen LogP contribution is -2.26. The van der Waals surface area contributed by atoms with Gasteiger partial charge in [0.05, 0.1) is 25.2 Å². The summed E-state index contributed by atoms with van der Waals surface area (Å²) in [6, 6.07) is 14.5. The van der Waals surface area contributed by atoms with E-state index in [2.05, 4.69) is 6.07 Å². The van der Waals surface area contributed by atoms with Crippen molar-refractivity contribution in [1.82, 2.24) is 0 Å². The monoisotopic (exact) mass is 420 g/mol. The lowest BCUT2D eigenvalue weighted by molar-refractivity contribution is -0.138. The molecule has 0 unspecified atom stereocenters. The summed E-state index contributed by atoms with van der Waals surface area (Å²) in [6.45, 7) is 1.91. The fourth-order valence-electron chi connectivity index (χ4n) is 3.63. The Hall–Kier alpha value is -4.12. The van der Waals surface area contributed by atoms with Gasteiger partial charge in [-0.3, -0.25) is 0 Å². The number of esters is 1. The molecule has 2 aliphatic rings. The molecule has 0 spiro atoms. The van der Waals surface area contributed by atoms with Gasteiger partial charge in [-0.1, -0.05) is 30.3 Å². The van der Waals surface area contributed by atoms with Crippen LogP contribution in [0.25, 0.3) is 5.76 Å². The summed E-state index contributed by atoms with van der Waals surface area (Å²) < 4.78 is 27.5. The van der Waals surface area contributed by atoms with Crippen LogP contribution in [-0.2, 0) is 14.3 Å². The van der Waals surface area contributed by atoms with E-state index >= 15 is 0 Å². The fraction of sp³-hybridized carbons (Fsp3) is 0.217. The van der Waals surface area contributed by atoms with Crippen LogP contribution in [0.3, 0.4) is 0 Å². The Balaban J connectivity index is 1.98. The van der Waals surface area contributed by atoms with Crippen molar-refractivity contribution in [3.05, 3.63) is 70.6 Å². The van der Waals surface area contributed by atoms with Crippen molar-refractivity contribution < 1.29 is 28.5 Å². The zero-order valence-corrected chi connectivity index (χ0v) is 17.0. The van der Waals surface area contributed by atoms with E-state index in [0.717, 1.165) is 0 Å². The number of hydrogen-bond donors (Lipinski definition) is 1. The number of allylic oxidation sites excluding steroid dienone is 1. The average molecular weight is 420 g/mol. The van der Waals surface area contributed by atoms with Crippen LogP contribution in [0, 0.1) is 11.3 Å². The van der Waals surface area contributed by atoms with Gasteiger partial charge in [0.25, 0.3) is 0 Å². The van der Waals surface area contributed by atoms with Crippen LogP contribution in [0.15, 0.2) is 59.5 Å². The number of ether oxygens (including phenoxy) is 5. The minimum atomic E-state index is -0.851. The summed E-state index contributed by atoms with van der Waals surface area (Å²) in [5.41, 5.74) is 7.56. The first-order chi connectivity index (χ1) is 15.1. The van der Waals surface area contributed by atoms with Crippen molar-refractivity contribution in [2.75, 3.05) is 20.5 Å². The van der Waals surface area contributed by atoms with E-state index in [9.17, 15) is 10.1 Å². The number of nitriles is 1. The van der Waals surface area contributed by atoms with Gasteiger partial charge in [0.2, 0.25) is 18.4 Å². The van der Waals surface area contributed by atoms with E-state index in [1.165, 1.54) is 7.11 Å². The van der Waals surface area contributed by atoms with Crippen LogP contribution in [0.2, 0.25) is 0 Å². The molecule has 0 saturated heterocycles. The molecule has 2 N–H and O–H groups in total. The summed E-state index contributed by atoms with van der Waals surface area (Å²) in [4.78, 5) is 13.1. The van der Waals surface area contributed by atoms with Crippen molar-refractivity contribution in [3.8, 4) is 23.3 Å². The zero-order valence-electron chi connectivity index (χ0n) is 17.0. The molecular weight excluding hydrogens is 400 g/mol. The van der Waals surface area contributed by atoms with Crippen LogP contribution >= 0.6 is 0 Å². The number of nitrogens with two attached hydrogens (primary N) is 1. The third-order valence-electron chi connectivity index (χ3n) is 4.97. The highest BCUT2D eigenvalue weighted by Gasteiger charge is 2.39. The Morgan fingerprint density at radius 3 is 2.71 bits per heavy atom. The second kappa shape index (κ2) is 8.32. The molecule has 158 valence electrons. The number of nitrogens with zero attached hydrogens (tertiary/aromatic N) is 1. The Kier molecular flexibility index (Phi) is 5.41. The number of methoxy groups -OCH3 is 1. The molecule has 0 aromatic heterocycles. The van der Waals surface area contributed by atoms with Gasteiger partial charge in [-0.2, -0.15) is 5.26 Å². The highest BCUT2D eigenvalue weighted by molar-refractivity contribution is 6.00. The normalized spacial score (nSPS) is 17.1. The van der Waals surface area contributed by atoms with Gasteiger partial charge in [-0.15, -0.1) is 0 Å². The van der Waals surface area contributed by atoms with E-state index in [4.69, 9.17) is 29.4 Å². The van der Waals surface area contributed by atoms with Crippen molar-refractivity contribution in [1.29, 1.82) is 5.26 Å². The van der Waals surface area contributed by atoms with Crippen LogP contribution in [0.4, 0.5) is 0 Å². The maximum atomic E-state index is 13.1. The van der Waals surface area contributed by atoms with Gasteiger partial charge in [0.15, 0.2) is 11.5 Å². The van der Waals surface area contributed by atoms with Crippen molar-refractivity contribution in [3.63, 3.8) is 0 Å². The second-order valence-corrected chi connectivity index (χ2v) is 6.71. The molecule has 2 aromatic carbocycles. The van der Waals surface area contributed by atoms with Gasteiger partial charge in [-0.25, -0.2) is 4.79 Å². The molecule has 2 aromatic rings. The first kappa shape index (κ1) is 20.2. The molecule has 8 heteroatoms. The maximum Gasteiger partial charge on any atom is 0.338 e. The summed E-state index contributed by atoms with van der Waals surface area (Å²) in [5.74, 6) is 0.00423. The highest BCUT2D eigenvalue weighted by atomic mass is 16.7. The van der Waals surface area contributed by atoms with E-state index in [1.54, 1.807) is 31.2 Å². The summed E-state index contributed by atoms with van der Waals surface area (Å²) in [7, 11) is 1.50. The molecule has 0 saturated carbocycles. The Bertz CT molecular complexity index is 1130. The summed E-state index contributed by atoms with van der Waals surface area (Å²) in [5, 5.41) is 9.87. The number of fused-ring (bicyclic) bond motifs is 1. The number of rotatable bonds is 5. The summed E-state index contributed by atoms with van der Waals surface area (Å²) >= 11 is 0. The van der Waals surface area contributed by atoms with Gasteiger partial charge >= 0.3 is 5.97 Å². The molecule has 1 atom stereocenters. The van der Waals surface area contributed by atoms with Gasteiger partial charge in [0.1, 0.15) is 17.4 Å². The summed E-state index contributed by atoms with van der Waals surface area (Å²) in [6.07, 6.45) is 0. The van der Waals surface area contributed by atoms with Crippen LogP contribution in [0.1, 0.15) is 24.0 Å². The molecule has 2 aliphatic heterocycles. The maximum absolute atomic E-state index is 13.1. The fourth-order valence-corrected chi connectivity index (χ4v) is 3.63. The lowest BCUT2D eigenvalue weighted by Gasteiger charge is -2.28. The molecule has 0 aliphatic carbocycles. The molecule has 8 nitrogen and oxygen atoms in total. The van der Waals surface area contributed by atoms with Gasteiger partial charge in [-0.05, 0) is 24.6 Å². The molecule has 31 heavy (non-hydrogen) atoms. The zero-order chi connectivity index (χ0) is 22.0. The average Bonchev–Trinajstić information content (AvgIpc) is 3.27. The Labute approximate surface area is 179 Å². The predicted octanol–water partition coefficient (Wildman–Crippen LogP) is 3.21. The number of hydrogen-bond acceptors (Lipinski definition) is 8. The smallest absolute Gasteiger partial charge is 0.338 e. The molecule has 0 radical (unpaired) electrons. The van der Waals surface area contributed by atoms with Gasteiger partial charge < -0.3 is 29.4 Å². The second-order valence-electron chi connectivity index (χ2n) is 6.71. The van der Waals surface area contributed by atoms with Crippen LogP contribution in [0.5, 0.6) is 17.2 Å². The third-order valence-corrected chi connectivity index (χ3v) is 4.97. The van der Waals surface area contributed by atoms with Crippen molar-refractivity contribution in [2.45, 2.75) is 12.8 Å². The molecule has 0 amide bonds. The van der Waals surface area contributed by atoms with E-state index in [1.807, 2.05) is 18.2 Å². The molecule has 2 heterocycles. The molecular formula is C23H20N2O6. The van der Waals surface area contributed by atoms with Crippen LogP contribution < -0.4 is 19.9 Å².